The number of likely N-dealkylation sites (tertiary alicyclic amines) is 1. The summed E-state index contributed by atoms with van der Waals surface area (Å²) in [7, 11) is 0. The maximum atomic E-state index is 12.0. The molecule has 2 rings (SSSR count). The summed E-state index contributed by atoms with van der Waals surface area (Å²) in [6, 6.07) is 10.2. The van der Waals surface area contributed by atoms with Crippen molar-refractivity contribution in [1.82, 2.24) is 10.2 Å². The van der Waals surface area contributed by atoms with Gasteiger partial charge in [0.2, 0.25) is 0 Å². The second-order valence-electron chi connectivity index (χ2n) is 6.05. The van der Waals surface area contributed by atoms with Crippen LogP contribution in [0.5, 0.6) is 0 Å². The van der Waals surface area contributed by atoms with Crippen molar-refractivity contribution in [3.63, 3.8) is 0 Å². The fourth-order valence-electron chi connectivity index (χ4n) is 2.77. The molecule has 1 unspecified atom stereocenters. The number of rotatable bonds is 9. The predicted octanol–water partition coefficient (Wildman–Crippen LogP) is 2.28. The molecule has 1 aliphatic heterocycles. The van der Waals surface area contributed by atoms with Crippen LogP contribution in [0, 0.1) is 0 Å². The van der Waals surface area contributed by atoms with Crippen molar-refractivity contribution >= 4 is 12.0 Å². The van der Waals surface area contributed by atoms with Crippen molar-refractivity contribution in [2.75, 3.05) is 26.2 Å². The topological polar surface area (TPSA) is 78.9 Å². The third-order valence-corrected chi connectivity index (χ3v) is 4.08. The van der Waals surface area contributed by atoms with Gasteiger partial charge in [-0.15, -0.1) is 0 Å². The monoisotopic (exact) mass is 334 g/mol. The van der Waals surface area contributed by atoms with E-state index in [1.54, 1.807) is 4.90 Å². The molecule has 0 spiro atoms. The van der Waals surface area contributed by atoms with E-state index in [1.165, 1.54) is 5.56 Å². The highest BCUT2D eigenvalue weighted by molar-refractivity contribution is 5.74. The minimum atomic E-state index is -0.839. The number of amides is 2. The van der Waals surface area contributed by atoms with Crippen LogP contribution in [0.2, 0.25) is 0 Å². The quantitative estimate of drug-likeness (QED) is 0.679. The first-order chi connectivity index (χ1) is 11.6. The summed E-state index contributed by atoms with van der Waals surface area (Å²) in [6.07, 6.45) is 3.46. The number of carboxylic acids is 1. The maximum absolute atomic E-state index is 12.0. The molecule has 0 radical (unpaired) electrons. The molecule has 1 saturated heterocycles. The standard InChI is InChI=1S/C18H26N2O4/c21-17(22)9-4-11-19-18(23)20-12-10-16(14-20)24-13-5-8-15-6-2-1-3-7-15/h1-3,6-7,16H,4-5,8-14H2,(H,19,23)(H,21,22). The van der Waals surface area contributed by atoms with Crippen LogP contribution in [-0.2, 0) is 16.0 Å². The number of carbonyl (C=O) groups excluding carboxylic acids is 1. The van der Waals surface area contributed by atoms with E-state index in [2.05, 4.69) is 17.4 Å². The van der Waals surface area contributed by atoms with Crippen LogP contribution in [0.15, 0.2) is 30.3 Å². The van der Waals surface area contributed by atoms with E-state index in [4.69, 9.17) is 9.84 Å². The molecule has 1 aromatic rings. The zero-order valence-corrected chi connectivity index (χ0v) is 13.9. The number of nitrogens with zero attached hydrogens (tertiary/aromatic N) is 1. The number of nitrogens with one attached hydrogen (secondary N) is 1. The molecular formula is C18H26N2O4. The van der Waals surface area contributed by atoms with Gasteiger partial charge >= 0.3 is 12.0 Å². The van der Waals surface area contributed by atoms with Crippen molar-refractivity contribution in [3.8, 4) is 0 Å². The highest BCUT2D eigenvalue weighted by Crippen LogP contribution is 2.13. The fraction of sp³-hybridized carbons (Fsp3) is 0.556. The lowest BCUT2D eigenvalue weighted by atomic mass is 10.1. The molecule has 6 nitrogen and oxygen atoms in total. The molecule has 1 fully saturated rings. The minimum Gasteiger partial charge on any atom is -0.481 e. The van der Waals surface area contributed by atoms with E-state index in [0.717, 1.165) is 19.3 Å². The molecule has 2 N–H and O–H groups in total. The Labute approximate surface area is 142 Å². The summed E-state index contributed by atoms with van der Waals surface area (Å²) in [5, 5.41) is 11.3. The highest BCUT2D eigenvalue weighted by atomic mass is 16.5. The lowest BCUT2D eigenvalue weighted by molar-refractivity contribution is -0.137. The van der Waals surface area contributed by atoms with Crippen LogP contribution >= 0.6 is 0 Å². The van der Waals surface area contributed by atoms with Crippen LogP contribution in [0.1, 0.15) is 31.2 Å². The fourth-order valence-corrected chi connectivity index (χ4v) is 2.77. The average Bonchev–Trinajstić information content (AvgIpc) is 3.05. The number of benzene rings is 1. The van der Waals surface area contributed by atoms with Crippen LogP contribution in [0.3, 0.4) is 0 Å². The summed E-state index contributed by atoms with van der Waals surface area (Å²) >= 11 is 0. The van der Waals surface area contributed by atoms with Crippen LogP contribution in [0.25, 0.3) is 0 Å². The van der Waals surface area contributed by atoms with E-state index in [9.17, 15) is 9.59 Å². The Hall–Kier alpha value is -2.08. The lowest BCUT2D eigenvalue weighted by Gasteiger charge is -2.17. The number of carboxylic acid groups (broad SMARTS) is 1. The van der Waals surface area contributed by atoms with Gasteiger partial charge in [0, 0.05) is 32.7 Å². The predicted molar refractivity (Wildman–Crippen MR) is 91.0 cm³/mol. The van der Waals surface area contributed by atoms with Gasteiger partial charge in [0.05, 0.1) is 6.10 Å². The van der Waals surface area contributed by atoms with Crippen molar-refractivity contribution in [3.05, 3.63) is 35.9 Å². The van der Waals surface area contributed by atoms with Gasteiger partial charge in [-0.3, -0.25) is 4.79 Å². The molecule has 2 amide bonds. The first kappa shape index (κ1) is 18.3. The van der Waals surface area contributed by atoms with Crippen molar-refractivity contribution in [2.45, 2.75) is 38.2 Å². The molecule has 0 bridgehead atoms. The highest BCUT2D eigenvalue weighted by Gasteiger charge is 2.26. The third-order valence-electron chi connectivity index (χ3n) is 4.08. The van der Waals surface area contributed by atoms with Gasteiger partial charge in [0.1, 0.15) is 0 Å². The summed E-state index contributed by atoms with van der Waals surface area (Å²) in [6.45, 7) is 2.39. The van der Waals surface area contributed by atoms with E-state index in [0.29, 0.717) is 32.7 Å². The molecule has 0 aliphatic carbocycles. The molecule has 24 heavy (non-hydrogen) atoms. The third kappa shape index (κ3) is 6.58. The van der Waals surface area contributed by atoms with Crippen molar-refractivity contribution in [2.24, 2.45) is 0 Å². The Morgan fingerprint density at radius 1 is 1.25 bits per heavy atom. The van der Waals surface area contributed by atoms with Gasteiger partial charge in [-0.05, 0) is 31.2 Å². The molecule has 1 aromatic carbocycles. The smallest absolute Gasteiger partial charge is 0.317 e. The number of aliphatic carboxylic acids is 1. The number of carbonyl (C=O) groups is 2. The average molecular weight is 334 g/mol. The number of hydrogen-bond acceptors (Lipinski definition) is 3. The first-order valence-electron chi connectivity index (χ1n) is 8.55. The zero-order valence-electron chi connectivity index (χ0n) is 13.9. The van der Waals surface area contributed by atoms with Crippen LogP contribution < -0.4 is 5.32 Å². The number of urea groups is 1. The lowest BCUT2D eigenvalue weighted by Crippen LogP contribution is -2.39. The van der Waals surface area contributed by atoms with E-state index in [-0.39, 0.29) is 18.6 Å². The van der Waals surface area contributed by atoms with Crippen LogP contribution in [0.4, 0.5) is 4.79 Å². The first-order valence-corrected chi connectivity index (χ1v) is 8.55. The van der Waals surface area contributed by atoms with Crippen molar-refractivity contribution in [1.29, 1.82) is 0 Å². The molecule has 0 aromatic heterocycles. The Morgan fingerprint density at radius 3 is 2.79 bits per heavy atom. The van der Waals surface area contributed by atoms with Gasteiger partial charge in [-0.25, -0.2) is 4.79 Å². The Balaban J connectivity index is 1.55. The largest absolute Gasteiger partial charge is 0.481 e. The minimum absolute atomic E-state index is 0.0768. The van der Waals surface area contributed by atoms with Gasteiger partial charge in [-0.2, -0.15) is 0 Å². The number of hydrogen-bond donors (Lipinski definition) is 2. The maximum Gasteiger partial charge on any atom is 0.317 e. The molecule has 1 heterocycles. The Bertz CT molecular complexity index is 521. The second-order valence-corrected chi connectivity index (χ2v) is 6.05. The molecule has 1 atom stereocenters. The van der Waals surface area contributed by atoms with Gasteiger partial charge in [0.15, 0.2) is 0 Å². The molecular weight excluding hydrogens is 308 g/mol. The number of ether oxygens (including phenoxy) is 1. The second kappa shape index (κ2) is 9.93. The summed E-state index contributed by atoms with van der Waals surface area (Å²) in [5.41, 5.74) is 1.31. The summed E-state index contributed by atoms with van der Waals surface area (Å²) < 4.78 is 5.86. The van der Waals surface area contributed by atoms with E-state index in [1.807, 2.05) is 18.2 Å². The molecule has 0 saturated carbocycles. The van der Waals surface area contributed by atoms with E-state index >= 15 is 0 Å². The molecule has 6 heteroatoms. The summed E-state index contributed by atoms with van der Waals surface area (Å²) in [5.74, 6) is -0.839. The van der Waals surface area contributed by atoms with Gasteiger partial charge < -0.3 is 20.1 Å². The van der Waals surface area contributed by atoms with E-state index < -0.39 is 5.97 Å². The van der Waals surface area contributed by atoms with Crippen LogP contribution in [-0.4, -0.2) is 54.4 Å². The SMILES string of the molecule is O=C(O)CCCNC(=O)N1CCC(OCCCc2ccccc2)C1. The molecule has 1 aliphatic rings. The Morgan fingerprint density at radius 2 is 2.04 bits per heavy atom. The normalized spacial score (nSPS) is 17.0. The van der Waals surface area contributed by atoms with Gasteiger partial charge in [-0.1, -0.05) is 30.3 Å². The van der Waals surface area contributed by atoms with Gasteiger partial charge in [0.25, 0.3) is 0 Å². The zero-order chi connectivity index (χ0) is 17.2. The summed E-state index contributed by atoms with van der Waals surface area (Å²) in [4.78, 5) is 24.1. The van der Waals surface area contributed by atoms with Crippen molar-refractivity contribution < 1.29 is 19.4 Å². The molecule has 132 valence electrons. The Kier molecular flexibility index (Phi) is 7.55. The number of aryl methyl sites for hydroxylation is 1.